The smallest absolute Gasteiger partial charge is 0.321 e. The molecule has 30 heavy (non-hydrogen) atoms. The van der Waals surface area contributed by atoms with Gasteiger partial charge in [-0.3, -0.25) is 9.48 Å². The van der Waals surface area contributed by atoms with Gasteiger partial charge in [-0.1, -0.05) is 25.3 Å². The highest BCUT2D eigenvalue weighted by Crippen LogP contribution is 2.37. The van der Waals surface area contributed by atoms with Gasteiger partial charge in [0.15, 0.2) is 9.84 Å². The summed E-state index contributed by atoms with van der Waals surface area (Å²) in [5, 5.41) is 6.32. The molecule has 1 fully saturated rings. The van der Waals surface area contributed by atoms with Crippen LogP contribution in [-0.2, 0) is 16.0 Å². The molecule has 1 unspecified atom stereocenters. The summed E-state index contributed by atoms with van der Waals surface area (Å²) >= 11 is 0. The van der Waals surface area contributed by atoms with Gasteiger partial charge in [0, 0.05) is 11.9 Å². The van der Waals surface area contributed by atoms with E-state index in [1.165, 1.54) is 24.3 Å². The van der Waals surface area contributed by atoms with Crippen LogP contribution in [0.15, 0.2) is 35.4 Å². The molecule has 1 N–H and O–H groups in total. The number of alkyl halides is 3. The summed E-state index contributed by atoms with van der Waals surface area (Å²) in [5.74, 6) is -0.840. The molecule has 0 saturated heterocycles. The van der Waals surface area contributed by atoms with Crippen molar-refractivity contribution in [2.24, 2.45) is 5.92 Å². The molecule has 1 atom stereocenters. The molecule has 1 aliphatic rings. The number of hydrogen-bond acceptors (Lipinski definition) is 4. The highest BCUT2D eigenvalue weighted by Gasteiger charge is 2.40. The van der Waals surface area contributed by atoms with Crippen LogP contribution in [0.2, 0.25) is 0 Å². The molecule has 10 heteroatoms. The van der Waals surface area contributed by atoms with E-state index < -0.39 is 33.2 Å². The minimum Gasteiger partial charge on any atom is -0.321 e. The van der Waals surface area contributed by atoms with Crippen molar-refractivity contribution in [1.82, 2.24) is 9.78 Å². The molecule has 1 aromatic heterocycles. The molecule has 3 rings (SSSR count). The fourth-order valence-electron chi connectivity index (χ4n) is 3.92. The van der Waals surface area contributed by atoms with Crippen LogP contribution in [0.1, 0.15) is 61.1 Å². The molecule has 1 saturated carbocycles. The first-order valence-corrected chi connectivity index (χ1v) is 11.6. The van der Waals surface area contributed by atoms with Crippen molar-refractivity contribution >= 4 is 21.4 Å². The predicted octanol–water partition coefficient (Wildman–Crippen LogP) is 4.70. The summed E-state index contributed by atoms with van der Waals surface area (Å²) in [5.41, 5.74) is -1.58. The summed E-state index contributed by atoms with van der Waals surface area (Å²) in [6, 6.07) is 5.03. The van der Waals surface area contributed by atoms with E-state index in [1.807, 2.05) is 0 Å². The summed E-state index contributed by atoms with van der Waals surface area (Å²) in [6.45, 7) is 1.78. The maximum absolute atomic E-state index is 13.6. The number of halogens is 3. The van der Waals surface area contributed by atoms with E-state index in [0.717, 1.165) is 43.0 Å². The second-order valence-electron chi connectivity index (χ2n) is 7.74. The van der Waals surface area contributed by atoms with Crippen molar-refractivity contribution < 1.29 is 26.4 Å². The third-order valence-corrected chi connectivity index (χ3v) is 6.66. The van der Waals surface area contributed by atoms with E-state index >= 15 is 0 Å². The van der Waals surface area contributed by atoms with Crippen molar-refractivity contribution in [2.75, 3.05) is 11.6 Å². The molecule has 1 heterocycles. The molecule has 1 amide bonds. The SMILES string of the molecule is CC(C1CCCCC1)n1ncc(C(F)(F)F)c1C(=O)Nc1cccc(S(C)(=O)=O)c1. The summed E-state index contributed by atoms with van der Waals surface area (Å²) in [6.07, 6.45) is 1.80. The largest absolute Gasteiger partial charge is 0.420 e. The fourth-order valence-corrected chi connectivity index (χ4v) is 4.58. The molecule has 1 aliphatic carbocycles. The van der Waals surface area contributed by atoms with Gasteiger partial charge >= 0.3 is 6.18 Å². The van der Waals surface area contributed by atoms with Crippen LogP contribution in [0.5, 0.6) is 0 Å². The van der Waals surface area contributed by atoms with Crippen LogP contribution in [0.4, 0.5) is 18.9 Å². The summed E-state index contributed by atoms with van der Waals surface area (Å²) in [7, 11) is -3.53. The van der Waals surface area contributed by atoms with Gasteiger partial charge in [-0.25, -0.2) is 8.42 Å². The normalized spacial score (nSPS) is 17.0. The van der Waals surface area contributed by atoms with Crippen LogP contribution in [0, 0.1) is 5.92 Å². The monoisotopic (exact) mass is 443 g/mol. The second kappa shape index (κ2) is 8.41. The van der Waals surface area contributed by atoms with Gasteiger partial charge in [0.05, 0.1) is 17.1 Å². The highest BCUT2D eigenvalue weighted by atomic mass is 32.2. The van der Waals surface area contributed by atoms with Gasteiger partial charge in [0.1, 0.15) is 11.3 Å². The van der Waals surface area contributed by atoms with Crippen molar-refractivity contribution in [3.8, 4) is 0 Å². The van der Waals surface area contributed by atoms with E-state index in [1.54, 1.807) is 6.92 Å². The maximum Gasteiger partial charge on any atom is 0.420 e. The number of sulfone groups is 1. The Morgan fingerprint density at radius 1 is 1.23 bits per heavy atom. The number of rotatable bonds is 5. The van der Waals surface area contributed by atoms with Crippen LogP contribution < -0.4 is 5.32 Å². The zero-order chi connectivity index (χ0) is 22.1. The number of amides is 1. The predicted molar refractivity (Wildman–Crippen MR) is 106 cm³/mol. The third-order valence-electron chi connectivity index (χ3n) is 5.55. The molecule has 6 nitrogen and oxygen atoms in total. The Kier molecular flexibility index (Phi) is 6.26. The summed E-state index contributed by atoms with van der Waals surface area (Å²) in [4.78, 5) is 12.8. The first-order chi connectivity index (χ1) is 14.0. The Bertz CT molecular complexity index is 1030. The summed E-state index contributed by atoms with van der Waals surface area (Å²) < 4.78 is 65.3. The van der Waals surface area contributed by atoms with Gasteiger partial charge in [-0.2, -0.15) is 18.3 Å². The molecule has 0 bridgehead atoms. The number of carbonyl (C=O) groups excluding carboxylic acids is 1. The van der Waals surface area contributed by atoms with E-state index in [4.69, 9.17) is 0 Å². The Labute approximate surface area is 173 Å². The van der Waals surface area contributed by atoms with E-state index in [-0.39, 0.29) is 22.5 Å². The molecular formula is C20H24F3N3O3S. The molecule has 164 valence electrons. The first-order valence-electron chi connectivity index (χ1n) is 9.74. The average molecular weight is 443 g/mol. The number of nitrogens with one attached hydrogen (secondary N) is 1. The Hall–Kier alpha value is -2.36. The lowest BCUT2D eigenvalue weighted by Gasteiger charge is -2.29. The van der Waals surface area contributed by atoms with Crippen LogP contribution in [0.25, 0.3) is 0 Å². The highest BCUT2D eigenvalue weighted by molar-refractivity contribution is 7.90. The average Bonchev–Trinajstić information content (AvgIpc) is 3.13. The number of carbonyl (C=O) groups is 1. The quantitative estimate of drug-likeness (QED) is 0.726. The lowest BCUT2D eigenvalue weighted by atomic mass is 9.84. The third kappa shape index (κ3) is 4.85. The molecule has 2 aromatic rings. The number of nitrogens with zero attached hydrogens (tertiary/aromatic N) is 2. The number of aromatic nitrogens is 2. The van der Waals surface area contributed by atoms with Crippen molar-refractivity contribution in [3.05, 3.63) is 41.7 Å². The van der Waals surface area contributed by atoms with Crippen molar-refractivity contribution in [3.63, 3.8) is 0 Å². The number of benzene rings is 1. The minimum atomic E-state index is -4.74. The lowest BCUT2D eigenvalue weighted by molar-refractivity contribution is -0.138. The van der Waals surface area contributed by atoms with Crippen LogP contribution in [0.3, 0.4) is 0 Å². The van der Waals surface area contributed by atoms with Gasteiger partial charge in [-0.15, -0.1) is 0 Å². The van der Waals surface area contributed by atoms with Crippen LogP contribution in [-0.4, -0.2) is 30.4 Å². The van der Waals surface area contributed by atoms with Gasteiger partial charge < -0.3 is 5.32 Å². The Balaban J connectivity index is 1.97. The molecule has 1 aromatic carbocycles. The van der Waals surface area contributed by atoms with Crippen LogP contribution >= 0.6 is 0 Å². The lowest BCUT2D eigenvalue weighted by Crippen LogP contribution is -2.27. The zero-order valence-corrected chi connectivity index (χ0v) is 17.6. The molecule has 0 aliphatic heterocycles. The van der Waals surface area contributed by atoms with E-state index in [9.17, 15) is 26.4 Å². The van der Waals surface area contributed by atoms with Gasteiger partial charge in [0.2, 0.25) is 0 Å². The molecule has 0 radical (unpaired) electrons. The van der Waals surface area contributed by atoms with Gasteiger partial charge in [-0.05, 0) is 43.9 Å². The fraction of sp³-hybridized carbons (Fsp3) is 0.500. The Morgan fingerprint density at radius 3 is 2.50 bits per heavy atom. The maximum atomic E-state index is 13.6. The van der Waals surface area contributed by atoms with Crippen molar-refractivity contribution in [1.29, 1.82) is 0 Å². The first kappa shape index (κ1) is 22.3. The van der Waals surface area contributed by atoms with E-state index in [0.29, 0.717) is 6.20 Å². The Morgan fingerprint density at radius 2 is 1.90 bits per heavy atom. The van der Waals surface area contributed by atoms with Gasteiger partial charge in [0.25, 0.3) is 5.91 Å². The number of anilines is 1. The molecular weight excluding hydrogens is 419 g/mol. The number of hydrogen-bond donors (Lipinski definition) is 1. The topological polar surface area (TPSA) is 81.1 Å². The van der Waals surface area contributed by atoms with E-state index in [2.05, 4.69) is 10.4 Å². The second-order valence-corrected chi connectivity index (χ2v) is 9.76. The standard InChI is InChI=1S/C20H24F3N3O3S/c1-13(14-7-4-3-5-8-14)26-18(17(12-24-26)20(21,22)23)19(27)25-15-9-6-10-16(11-15)30(2,28)29/h6,9-14H,3-5,7-8H2,1-2H3,(H,25,27). The van der Waals surface area contributed by atoms with Crippen molar-refractivity contribution in [2.45, 2.75) is 56.1 Å². The zero-order valence-electron chi connectivity index (χ0n) is 16.7. The minimum absolute atomic E-state index is 0.0413. The molecule has 0 spiro atoms.